The monoisotopic (exact) mass is 320 g/mol. The molecule has 21 heavy (non-hydrogen) atoms. The molecule has 0 saturated heterocycles. The minimum absolute atomic E-state index is 0.0163. The van der Waals surface area contributed by atoms with Crippen molar-refractivity contribution in [2.24, 2.45) is 0 Å². The van der Waals surface area contributed by atoms with E-state index >= 15 is 0 Å². The average molecular weight is 320 g/mol. The van der Waals surface area contributed by atoms with Crippen LogP contribution in [0.4, 0.5) is 0 Å². The molecule has 0 rings (SSSR count). The van der Waals surface area contributed by atoms with Crippen molar-refractivity contribution in [2.45, 2.75) is 57.9 Å². The van der Waals surface area contributed by atoms with E-state index in [9.17, 15) is 18.6 Å². The van der Waals surface area contributed by atoms with Crippen LogP contribution in [0.2, 0.25) is 0 Å². The lowest BCUT2D eigenvalue weighted by Crippen LogP contribution is -2.47. The summed E-state index contributed by atoms with van der Waals surface area (Å²) >= 11 is 0. The molecule has 0 aromatic carbocycles. The highest BCUT2D eigenvalue weighted by Crippen LogP contribution is 2.03. The molecule has 0 radical (unpaired) electrons. The van der Waals surface area contributed by atoms with E-state index in [0.717, 1.165) is 12.8 Å². The van der Waals surface area contributed by atoms with E-state index in [-0.39, 0.29) is 17.7 Å². The van der Waals surface area contributed by atoms with Gasteiger partial charge in [-0.3, -0.25) is 13.8 Å². The van der Waals surface area contributed by atoms with Crippen molar-refractivity contribution in [2.75, 3.05) is 5.75 Å². The molecule has 7 nitrogen and oxygen atoms in total. The Balaban J connectivity index is 4.64. The number of carboxylic acid groups (broad SMARTS) is 1. The lowest BCUT2D eigenvalue weighted by atomic mass is 10.2. The molecule has 122 valence electrons. The molecular formula is C13H24N2O5S. The Morgan fingerprint density at radius 3 is 2.05 bits per heavy atom. The van der Waals surface area contributed by atoms with Crippen LogP contribution in [-0.4, -0.2) is 50.2 Å². The van der Waals surface area contributed by atoms with E-state index in [1.165, 1.54) is 13.8 Å². The predicted molar refractivity (Wildman–Crippen MR) is 80.2 cm³/mol. The third kappa shape index (κ3) is 7.22. The zero-order chi connectivity index (χ0) is 16.6. The van der Waals surface area contributed by atoms with E-state index in [4.69, 9.17) is 5.11 Å². The Labute approximate surface area is 127 Å². The van der Waals surface area contributed by atoms with Gasteiger partial charge in [0, 0.05) is 23.8 Å². The quantitative estimate of drug-likeness (QED) is 0.554. The second kappa shape index (κ2) is 9.49. The van der Waals surface area contributed by atoms with Gasteiger partial charge in [0.15, 0.2) is 0 Å². The molecule has 8 heteroatoms. The molecule has 0 saturated carbocycles. The van der Waals surface area contributed by atoms with Crippen LogP contribution in [-0.2, 0) is 25.2 Å². The third-order valence-electron chi connectivity index (χ3n) is 3.10. The summed E-state index contributed by atoms with van der Waals surface area (Å²) in [7, 11) is -1.69. The highest BCUT2D eigenvalue weighted by Gasteiger charge is 2.27. The molecule has 3 N–H and O–H groups in total. The first-order chi connectivity index (χ1) is 9.72. The molecular weight excluding hydrogens is 296 g/mol. The van der Waals surface area contributed by atoms with E-state index < -0.39 is 34.0 Å². The maximum Gasteiger partial charge on any atom is 0.327 e. The summed E-state index contributed by atoms with van der Waals surface area (Å²) in [6, 6.07) is -1.24. The normalized spacial score (nSPS) is 15.1. The third-order valence-corrected chi connectivity index (χ3v) is 4.77. The summed E-state index contributed by atoms with van der Waals surface area (Å²) in [5.74, 6) is -2.46. The van der Waals surface area contributed by atoms with Crippen LogP contribution in [0.1, 0.15) is 40.5 Å². The zero-order valence-corrected chi connectivity index (χ0v) is 13.7. The molecule has 3 unspecified atom stereocenters. The lowest BCUT2D eigenvalue weighted by molar-refractivity contribution is -0.140. The van der Waals surface area contributed by atoms with Gasteiger partial charge in [-0.25, -0.2) is 4.79 Å². The minimum atomic E-state index is -1.69. The van der Waals surface area contributed by atoms with E-state index in [1.54, 1.807) is 0 Å². The van der Waals surface area contributed by atoms with Crippen LogP contribution in [0.15, 0.2) is 0 Å². The number of carboxylic acids is 1. The minimum Gasteiger partial charge on any atom is -0.480 e. The van der Waals surface area contributed by atoms with Gasteiger partial charge in [0.2, 0.25) is 11.8 Å². The maximum absolute atomic E-state index is 12.1. The standard InChI is InChI=1S/C13H24N2O5S/c1-5-10(6-2)15-12(17)8(3)21(20)7-11(13(18)19)14-9(4)16/h8,10-11H,5-7H2,1-4H3,(H,14,16)(H,15,17)(H,18,19). The number of hydrogen-bond acceptors (Lipinski definition) is 4. The van der Waals surface area contributed by atoms with Crippen LogP contribution in [0, 0.1) is 0 Å². The van der Waals surface area contributed by atoms with Crippen LogP contribution in [0.25, 0.3) is 0 Å². The Kier molecular flexibility index (Phi) is 8.84. The van der Waals surface area contributed by atoms with Gasteiger partial charge in [0.05, 0.1) is 5.75 Å². The average Bonchev–Trinajstić information content (AvgIpc) is 2.41. The Morgan fingerprint density at radius 2 is 1.67 bits per heavy atom. The van der Waals surface area contributed by atoms with Crippen molar-refractivity contribution in [1.82, 2.24) is 10.6 Å². The van der Waals surface area contributed by atoms with Gasteiger partial charge in [0.1, 0.15) is 11.3 Å². The van der Waals surface area contributed by atoms with Gasteiger partial charge in [-0.15, -0.1) is 0 Å². The number of carbonyl (C=O) groups is 3. The number of hydrogen-bond donors (Lipinski definition) is 3. The van der Waals surface area contributed by atoms with Gasteiger partial charge in [-0.05, 0) is 19.8 Å². The fourth-order valence-electron chi connectivity index (χ4n) is 1.66. The van der Waals surface area contributed by atoms with Gasteiger partial charge < -0.3 is 15.7 Å². The number of carbonyl (C=O) groups excluding carboxylic acids is 2. The molecule has 0 aromatic rings. The second-order valence-electron chi connectivity index (χ2n) is 4.80. The molecule has 0 aliphatic rings. The Bertz CT molecular complexity index is 409. The number of aliphatic carboxylic acids is 1. The smallest absolute Gasteiger partial charge is 0.327 e. The first-order valence-corrected chi connectivity index (χ1v) is 8.28. The fraction of sp³-hybridized carbons (Fsp3) is 0.769. The Hall–Kier alpha value is -1.44. The van der Waals surface area contributed by atoms with Crippen molar-refractivity contribution in [3.8, 4) is 0 Å². The summed E-state index contributed by atoms with van der Waals surface area (Å²) in [4.78, 5) is 33.8. The summed E-state index contributed by atoms with van der Waals surface area (Å²) in [6.07, 6.45) is 1.54. The van der Waals surface area contributed by atoms with Crippen LogP contribution >= 0.6 is 0 Å². The molecule has 3 atom stereocenters. The molecule has 0 heterocycles. The van der Waals surface area contributed by atoms with E-state index in [0.29, 0.717) is 0 Å². The summed E-state index contributed by atoms with van der Waals surface area (Å²) < 4.78 is 12.1. The van der Waals surface area contributed by atoms with Gasteiger partial charge in [-0.1, -0.05) is 13.8 Å². The largest absolute Gasteiger partial charge is 0.480 e. The van der Waals surface area contributed by atoms with E-state index in [1.807, 2.05) is 13.8 Å². The molecule has 0 aliphatic carbocycles. The molecule has 0 aliphatic heterocycles. The first-order valence-electron chi connectivity index (χ1n) is 6.90. The van der Waals surface area contributed by atoms with Crippen molar-refractivity contribution in [3.63, 3.8) is 0 Å². The van der Waals surface area contributed by atoms with E-state index in [2.05, 4.69) is 10.6 Å². The van der Waals surface area contributed by atoms with Crippen LogP contribution in [0.5, 0.6) is 0 Å². The number of nitrogens with one attached hydrogen (secondary N) is 2. The second-order valence-corrected chi connectivity index (χ2v) is 6.60. The fourth-order valence-corrected chi connectivity index (χ4v) is 2.81. The SMILES string of the molecule is CCC(CC)NC(=O)C(C)S(=O)CC(NC(C)=O)C(=O)O. The number of amides is 2. The summed E-state index contributed by atoms with van der Waals surface area (Å²) in [5, 5.41) is 13.1. The topological polar surface area (TPSA) is 113 Å². The van der Waals surface area contributed by atoms with Crippen molar-refractivity contribution < 1.29 is 23.7 Å². The van der Waals surface area contributed by atoms with Crippen molar-refractivity contribution >= 4 is 28.6 Å². The predicted octanol–water partition coefficient (Wildman–Crippen LogP) is 0.0177. The summed E-state index contributed by atoms with van der Waals surface area (Å²) in [5.41, 5.74) is 0. The zero-order valence-electron chi connectivity index (χ0n) is 12.8. The van der Waals surface area contributed by atoms with Crippen LogP contribution < -0.4 is 10.6 Å². The Morgan fingerprint density at radius 1 is 1.14 bits per heavy atom. The summed E-state index contributed by atoms with van der Waals surface area (Å²) in [6.45, 7) is 6.54. The molecule has 0 fully saturated rings. The van der Waals surface area contributed by atoms with Gasteiger partial charge >= 0.3 is 5.97 Å². The lowest BCUT2D eigenvalue weighted by Gasteiger charge is -2.19. The number of rotatable bonds is 9. The highest BCUT2D eigenvalue weighted by atomic mass is 32.2. The van der Waals surface area contributed by atoms with Gasteiger partial charge in [-0.2, -0.15) is 0 Å². The molecule has 0 aromatic heterocycles. The highest BCUT2D eigenvalue weighted by molar-refractivity contribution is 7.86. The molecule has 2 amide bonds. The first kappa shape index (κ1) is 19.6. The molecule has 0 bridgehead atoms. The van der Waals surface area contributed by atoms with Crippen LogP contribution in [0.3, 0.4) is 0 Å². The van der Waals surface area contributed by atoms with Gasteiger partial charge in [0.25, 0.3) is 0 Å². The van der Waals surface area contributed by atoms with Crippen molar-refractivity contribution in [3.05, 3.63) is 0 Å². The van der Waals surface area contributed by atoms with Crippen molar-refractivity contribution in [1.29, 1.82) is 0 Å². The molecule has 0 spiro atoms. The maximum atomic E-state index is 12.1.